The minimum Gasteiger partial charge on any atom is -0.399 e. The minimum absolute atomic E-state index is 0.00758. The Labute approximate surface area is 147 Å². The quantitative estimate of drug-likeness (QED) is 0.869. The summed E-state index contributed by atoms with van der Waals surface area (Å²) in [6.45, 7) is 8.13. The number of anilines is 1. The van der Waals surface area contributed by atoms with Crippen LogP contribution in [0.3, 0.4) is 0 Å². The maximum atomic E-state index is 11.8. The summed E-state index contributed by atoms with van der Waals surface area (Å²) >= 11 is 0. The lowest BCUT2D eigenvalue weighted by Gasteiger charge is -2.32. The molecular formula is C18H22BN3O3. The summed E-state index contributed by atoms with van der Waals surface area (Å²) < 4.78 is 12.2. The molecule has 0 unspecified atom stereocenters. The van der Waals surface area contributed by atoms with Crippen molar-refractivity contribution in [3.63, 3.8) is 0 Å². The Morgan fingerprint density at radius 3 is 2.52 bits per heavy atom. The summed E-state index contributed by atoms with van der Waals surface area (Å²) in [5.41, 5.74) is 0.964. The summed E-state index contributed by atoms with van der Waals surface area (Å²) in [7, 11) is -0.413. The van der Waals surface area contributed by atoms with Gasteiger partial charge in [0.1, 0.15) is 0 Å². The molecule has 1 aliphatic heterocycles. The topological polar surface area (TPSA) is 73.3 Å². The van der Waals surface area contributed by atoms with Crippen LogP contribution in [0.15, 0.2) is 24.4 Å². The summed E-state index contributed by atoms with van der Waals surface area (Å²) in [4.78, 5) is 20.5. The van der Waals surface area contributed by atoms with Gasteiger partial charge in [0.05, 0.1) is 16.7 Å². The second-order valence-electron chi connectivity index (χ2n) is 7.86. The Hall–Kier alpha value is -1.99. The first-order valence-corrected chi connectivity index (χ1v) is 8.68. The molecule has 0 spiro atoms. The highest BCUT2D eigenvalue weighted by Crippen LogP contribution is 2.36. The number of carbonyl (C=O) groups excluding carboxylic acids is 1. The molecule has 2 aliphatic rings. The van der Waals surface area contributed by atoms with E-state index in [1.54, 1.807) is 6.20 Å². The molecule has 25 heavy (non-hydrogen) atoms. The number of nitrogens with zero attached hydrogens (tertiary/aromatic N) is 2. The molecule has 1 aliphatic carbocycles. The number of fused-ring (bicyclic) bond motifs is 1. The van der Waals surface area contributed by atoms with E-state index in [9.17, 15) is 4.79 Å². The van der Waals surface area contributed by atoms with Crippen LogP contribution in [-0.2, 0) is 14.1 Å². The Balaban J connectivity index is 1.58. The fourth-order valence-electron chi connectivity index (χ4n) is 2.80. The van der Waals surface area contributed by atoms with E-state index in [4.69, 9.17) is 9.31 Å². The molecule has 0 bridgehead atoms. The number of benzene rings is 1. The van der Waals surface area contributed by atoms with Crippen molar-refractivity contribution in [2.75, 3.05) is 5.32 Å². The number of rotatable bonds is 3. The molecule has 6 nitrogen and oxygen atoms in total. The third-order valence-electron chi connectivity index (χ3n) is 5.31. The van der Waals surface area contributed by atoms with E-state index in [0.29, 0.717) is 5.95 Å². The molecule has 2 fully saturated rings. The van der Waals surface area contributed by atoms with Crippen LogP contribution < -0.4 is 10.8 Å². The zero-order valence-corrected chi connectivity index (χ0v) is 15.0. The lowest BCUT2D eigenvalue weighted by atomic mass is 9.78. The van der Waals surface area contributed by atoms with Crippen molar-refractivity contribution in [1.82, 2.24) is 9.97 Å². The first kappa shape index (κ1) is 16.5. The first-order valence-electron chi connectivity index (χ1n) is 8.68. The monoisotopic (exact) mass is 339 g/mol. The molecule has 0 radical (unpaired) electrons. The van der Waals surface area contributed by atoms with Gasteiger partial charge < -0.3 is 9.31 Å². The lowest BCUT2D eigenvalue weighted by Crippen LogP contribution is -2.41. The Morgan fingerprint density at radius 2 is 1.88 bits per heavy atom. The number of nitrogens with one attached hydrogen (secondary N) is 1. The molecule has 1 saturated carbocycles. The van der Waals surface area contributed by atoms with Gasteiger partial charge in [0.25, 0.3) is 0 Å². The Kier molecular flexibility index (Phi) is 3.63. The molecule has 1 N–H and O–H groups in total. The van der Waals surface area contributed by atoms with Crippen LogP contribution in [0.1, 0.15) is 40.5 Å². The second kappa shape index (κ2) is 5.51. The molecule has 130 valence electrons. The van der Waals surface area contributed by atoms with Gasteiger partial charge in [-0.1, -0.05) is 12.1 Å². The van der Waals surface area contributed by atoms with Crippen LogP contribution in [0.5, 0.6) is 0 Å². The third kappa shape index (κ3) is 3.02. The first-order chi connectivity index (χ1) is 11.7. The van der Waals surface area contributed by atoms with Gasteiger partial charge in [-0.05, 0) is 52.1 Å². The van der Waals surface area contributed by atoms with Gasteiger partial charge in [-0.25, -0.2) is 9.97 Å². The number of amides is 1. The molecule has 1 amide bonds. The van der Waals surface area contributed by atoms with Crippen molar-refractivity contribution < 1.29 is 14.1 Å². The van der Waals surface area contributed by atoms with E-state index >= 15 is 0 Å². The van der Waals surface area contributed by atoms with Gasteiger partial charge in [0.2, 0.25) is 11.9 Å². The van der Waals surface area contributed by atoms with Crippen molar-refractivity contribution in [1.29, 1.82) is 0 Å². The van der Waals surface area contributed by atoms with Gasteiger partial charge in [0.15, 0.2) is 0 Å². The van der Waals surface area contributed by atoms with Crippen molar-refractivity contribution >= 4 is 35.3 Å². The van der Waals surface area contributed by atoms with Crippen molar-refractivity contribution in [3.05, 3.63) is 24.4 Å². The molecule has 0 atom stereocenters. The molecule has 7 heteroatoms. The lowest BCUT2D eigenvalue weighted by molar-refractivity contribution is -0.117. The van der Waals surface area contributed by atoms with E-state index in [-0.39, 0.29) is 23.0 Å². The Bertz CT molecular complexity index is 833. The zero-order chi connectivity index (χ0) is 17.8. The largest absolute Gasteiger partial charge is 0.494 e. The molecule has 2 heterocycles. The average Bonchev–Trinajstić information content (AvgIpc) is 3.35. The minimum atomic E-state index is -0.413. The number of hydrogen-bond acceptors (Lipinski definition) is 5. The molecular weight excluding hydrogens is 317 g/mol. The zero-order valence-electron chi connectivity index (χ0n) is 15.0. The maximum absolute atomic E-state index is 11.8. The smallest absolute Gasteiger partial charge is 0.399 e. The van der Waals surface area contributed by atoms with Gasteiger partial charge >= 0.3 is 7.12 Å². The SMILES string of the molecule is CC1(C)OB(c2ccc3nc(NC(=O)C4CC4)ncc3c2)OC1(C)C. The fraction of sp³-hybridized carbons (Fsp3) is 0.500. The number of carbonyl (C=O) groups is 1. The van der Waals surface area contributed by atoms with Gasteiger partial charge in [-0.15, -0.1) is 0 Å². The van der Waals surface area contributed by atoms with Crippen LogP contribution in [-0.4, -0.2) is 34.2 Å². The van der Waals surface area contributed by atoms with E-state index in [2.05, 4.69) is 15.3 Å². The molecule has 1 saturated heterocycles. The van der Waals surface area contributed by atoms with Gasteiger partial charge in [-0.3, -0.25) is 10.1 Å². The van der Waals surface area contributed by atoms with Crippen LogP contribution in [0.4, 0.5) is 5.95 Å². The second-order valence-corrected chi connectivity index (χ2v) is 7.86. The fourth-order valence-corrected chi connectivity index (χ4v) is 2.80. The number of aromatic nitrogens is 2. The molecule has 1 aromatic heterocycles. The maximum Gasteiger partial charge on any atom is 0.494 e. The summed E-state index contributed by atoms with van der Waals surface area (Å²) in [5.74, 6) is 0.492. The van der Waals surface area contributed by atoms with Crippen LogP contribution in [0, 0.1) is 5.92 Å². The van der Waals surface area contributed by atoms with Gasteiger partial charge in [-0.2, -0.15) is 0 Å². The van der Waals surface area contributed by atoms with Crippen LogP contribution >= 0.6 is 0 Å². The normalized spacial score (nSPS) is 21.5. The van der Waals surface area contributed by atoms with Crippen LogP contribution in [0.25, 0.3) is 10.9 Å². The molecule has 1 aromatic carbocycles. The van der Waals surface area contributed by atoms with Crippen molar-refractivity contribution in [2.45, 2.75) is 51.7 Å². The standard InChI is InChI=1S/C18H22BN3O3/c1-17(2)18(3,4)25-19(24-17)13-7-8-14-12(9-13)10-20-16(21-14)22-15(23)11-5-6-11/h7-11H,5-6H2,1-4H3,(H,20,21,22,23). The van der Waals surface area contributed by atoms with Crippen molar-refractivity contribution in [2.24, 2.45) is 5.92 Å². The molecule has 2 aromatic rings. The van der Waals surface area contributed by atoms with E-state index in [1.165, 1.54) is 0 Å². The van der Waals surface area contributed by atoms with E-state index in [0.717, 1.165) is 29.2 Å². The predicted molar refractivity (Wildman–Crippen MR) is 96.6 cm³/mol. The summed E-state index contributed by atoms with van der Waals surface area (Å²) in [6, 6.07) is 5.83. The highest BCUT2D eigenvalue weighted by atomic mass is 16.7. The summed E-state index contributed by atoms with van der Waals surface area (Å²) in [6.07, 6.45) is 3.63. The Morgan fingerprint density at radius 1 is 1.20 bits per heavy atom. The third-order valence-corrected chi connectivity index (χ3v) is 5.31. The summed E-state index contributed by atoms with van der Waals surface area (Å²) in [5, 5.41) is 3.66. The molecule has 4 rings (SSSR count). The number of hydrogen-bond donors (Lipinski definition) is 1. The average molecular weight is 339 g/mol. The van der Waals surface area contributed by atoms with Crippen molar-refractivity contribution in [3.8, 4) is 0 Å². The van der Waals surface area contributed by atoms with E-state index in [1.807, 2.05) is 45.9 Å². The highest BCUT2D eigenvalue weighted by Gasteiger charge is 2.51. The van der Waals surface area contributed by atoms with Gasteiger partial charge in [0, 0.05) is 17.5 Å². The predicted octanol–water partition coefficient (Wildman–Crippen LogP) is 2.28. The highest BCUT2D eigenvalue weighted by molar-refractivity contribution is 6.62. The van der Waals surface area contributed by atoms with E-state index < -0.39 is 7.12 Å². The van der Waals surface area contributed by atoms with Crippen LogP contribution in [0.2, 0.25) is 0 Å².